The van der Waals surface area contributed by atoms with Gasteiger partial charge in [0.1, 0.15) is 16.7 Å². The van der Waals surface area contributed by atoms with Crippen molar-refractivity contribution in [1.29, 1.82) is 5.26 Å². The number of carbonyl (C=O) groups is 1. The summed E-state index contributed by atoms with van der Waals surface area (Å²) in [6.45, 7) is 0. The minimum absolute atomic E-state index is 0.00816. The van der Waals surface area contributed by atoms with Gasteiger partial charge in [0, 0.05) is 4.47 Å². The number of phenols is 1. The van der Waals surface area contributed by atoms with Crippen molar-refractivity contribution < 1.29 is 14.6 Å². The van der Waals surface area contributed by atoms with E-state index in [9.17, 15) is 15.2 Å². The van der Waals surface area contributed by atoms with Crippen molar-refractivity contribution in [1.82, 2.24) is 0 Å². The molecule has 0 radical (unpaired) electrons. The zero-order valence-electron chi connectivity index (χ0n) is 13.1. The van der Waals surface area contributed by atoms with Crippen LogP contribution in [0.2, 0.25) is 15.1 Å². The molecule has 0 bridgehead atoms. The molecule has 0 aliphatic heterocycles. The van der Waals surface area contributed by atoms with Crippen molar-refractivity contribution in [2.24, 2.45) is 0 Å². The Labute approximate surface area is 172 Å². The molecular formula is C17H10BrCl3N2O3. The Bertz CT molecular complexity index is 955. The molecule has 1 amide bonds. The van der Waals surface area contributed by atoms with Gasteiger partial charge in [-0.1, -0.05) is 40.9 Å². The molecule has 0 aliphatic carbocycles. The Hall–Kier alpha value is -1.91. The molecule has 0 atom stereocenters. The number of phenolic OH excluding ortho intramolecular Hbond substituents is 1. The quantitative estimate of drug-likeness (QED) is 0.440. The van der Waals surface area contributed by atoms with E-state index in [0.717, 1.165) is 0 Å². The summed E-state index contributed by atoms with van der Waals surface area (Å²) in [5.41, 5.74) is 0.421. The maximum Gasteiger partial charge on any atom is 0.266 e. The molecule has 0 unspecified atom stereocenters. The molecule has 26 heavy (non-hydrogen) atoms. The molecular weight excluding hydrogens is 466 g/mol. The Balaban J connectivity index is 2.42. The van der Waals surface area contributed by atoms with Gasteiger partial charge in [0.15, 0.2) is 11.5 Å². The van der Waals surface area contributed by atoms with Gasteiger partial charge in [0.05, 0.1) is 22.8 Å². The molecule has 134 valence electrons. The Morgan fingerprint density at radius 1 is 1.35 bits per heavy atom. The average molecular weight is 477 g/mol. The second-order valence-corrected chi connectivity index (χ2v) is 6.83. The number of nitrogens with zero attached hydrogens (tertiary/aromatic N) is 1. The van der Waals surface area contributed by atoms with Crippen LogP contribution in [0.5, 0.6) is 11.5 Å². The van der Waals surface area contributed by atoms with Crippen LogP contribution in [0.25, 0.3) is 6.08 Å². The third kappa shape index (κ3) is 4.25. The van der Waals surface area contributed by atoms with E-state index in [-0.39, 0.29) is 37.8 Å². The highest BCUT2D eigenvalue weighted by molar-refractivity contribution is 9.10. The lowest BCUT2D eigenvalue weighted by molar-refractivity contribution is -0.112. The Kier molecular flexibility index (Phi) is 6.79. The number of nitrogens with one attached hydrogen (secondary N) is 1. The fourth-order valence-electron chi connectivity index (χ4n) is 1.97. The van der Waals surface area contributed by atoms with E-state index in [4.69, 9.17) is 39.5 Å². The van der Waals surface area contributed by atoms with Crippen molar-refractivity contribution in [3.8, 4) is 17.6 Å². The van der Waals surface area contributed by atoms with Gasteiger partial charge < -0.3 is 15.2 Å². The molecule has 5 nitrogen and oxygen atoms in total. The van der Waals surface area contributed by atoms with E-state index in [1.807, 2.05) is 6.07 Å². The number of aromatic hydroxyl groups is 1. The molecule has 0 saturated carbocycles. The maximum absolute atomic E-state index is 12.4. The first kappa shape index (κ1) is 20.4. The van der Waals surface area contributed by atoms with E-state index in [0.29, 0.717) is 10.0 Å². The lowest BCUT2D eigenvalue weighted by Gasteiger charge is -2.10. The lowest BCUT2D eigenvalue weighted by atomic mass is 10.1. The molecule has 0 heterocycles. The number of nitriles is 1. The Morgan fingerprint density at radius 3 is 2.65 bits per heavy atom. The largest absolute Gasteiger partial charge is 0.503 e. The molecule has 0 fully saturated rings. The minimum atomic E-state index is -0.688. The number of hydrogen-bond donors (Lipinski definition) is 2. The Morgan fingerprint density at radius 2 is 2.04 bits per heavy atom. The molecule has 0 aromatic heterocycles. The highest BCUT2D eigenvalue weighted by Crippen LogP contribution is 2.42. The van der Waals surface area contributed by atoms with Crippen LogP contribution in [0.4, 0.5) is 5.69 Å². The van der Waals surface area contributed by atoms with Gasteiger partial charge in [-0.25, -0.2) is 0 Å². The fourth-order valence-corrected chi connectivity index (χ4v) is 2.93. The number of anilines is 1. The normalized spacial score (nSPS) is 11.0. The van der Waals surface area contributed by atoms with Gasteiger partial charge in [-0.3, -0.25) is 4.79 Å². The van der Waals surface area contributed by atoms with Crippen LogP contribution < -0.4 is 10.1 Å². The predicted molar refractivity (Wildman–Crippen MR) is 106 cm³/mol. The summed E-state index contributed by atoms with van der Waals surface area (Å²) in [4.78, 5) is 12.4. The summed E-state index contributed by atoms with van der Waals surface area (Å²) in [6, 6.07) is 7.98. The van der Waals surface area contributed by atoms with Crippen LogP contribution in [0, 0.1) is 11.3 Å². The number of ether oxygens (including phenoxy) is 1. The summed E-state index contributed by atoms with van der Waals surface area (Å²) < 4.78 is 5.33. The molecule has 2 aromatic carbocycles. The zero-order valence-corrected chi connectivity index (χ0v) is 17.0. The van der Waals surface area contributed by atoms with Crippen LogP contribution in [0.1, 0.15) is 5.56 Å². The highest BCUT2D eigenvalue weighted by atomic mass is 79.9. The second kappa shape index (κ2) is 8.65. The molecule has 0 aliphatic rings. The van der Waals surface area contributed by atoms with Gasteiger partial charge in [-0.2, -0.15) is 5.26 Å². The third-order valence-electron chi connectivity index (χ3n) is 3.26. The summed E-state index contributed by atoms with van der Waals surface area (Å²) in [5, 5.41) is 22.2. The van der Waals surface area contributed by atoms with Crippen molar-refractivity contribution in [3.63, 3.8) is 0 Å². The van der Waals surface area contributed by atoms with Crippen LogP contribution in [-0.4, -0.2) is 18.1 Å². The molecule has 0 spiro atoms. The van der Waals surface area contributed by atoms with E-state index < -0.39 is 5.91 Å². The van der Waals surface area contributed by atoms with Gasteiger partial charge in [-0.05, 0) is 45.8 Å². The second-order valence-electron chi connectivity index (χ2n) is 4.87. The van der Waals surface area contributed by atoms with E-state index in [1.54, 1.807) is 18.2 Å². The van der Waals surface area contributed by atoms with Crippen molar-refractivity contribution in [3.05, 3.63) is 54.9 Å². The standard InChI is InChI=1S/C17H10BrCl3N2O3/c1-26-12-6-8(13(18)15(21)16(12)24)5-9(7-22)17(25)23-11-4-2-3-10(19)14(11)20/h2-6,24H,1H3,(H,23,25)/b9-5-. The van der Waals surface area contributed by atoms with Crippen LogP contribution in [0.15, 0.2) is 34.3 Å². The van der Waals surface area contributed by atoms with Crippen LogP contribution >= 0.6 is 50.7 Å². The average Bonchev–Trinajstić information content (AvgIpc) is 2.63. The zero-order chi connectivity index (χ0) is 19.4. The number of rotatable bonds is 4. The summed E-state index contributed by atoms with van der Waals surface area (Å²) in [5.74, 6) is -0.848. The number of amides is 1. The molecule has 2 N–H and O–H groups in total. The van der Waals surface area contributed by atoms with Crippen LogP contribution in [0.3, 0.4) is 0 Å². The van der Waals surface area contributed by atoms with Gasteiger partial charge in [-0.15, -0.1) is 0 Å². The number of halogens is 4. The SMILES string of the molecule is COc1cc(/C=C(/C#N)C(=O)Nc2cccc(Cl)c2Cl)c(Br)c(Cl)c1O. The number of hydrogen-bond acceptors (Lipinski definition) is 4. The van der Waals surface area contributed by atoms with Gasteiger partial charge in [0.2, 0.25) is 0 Å². The molecule has 2 aromatic rings. The number of carbonyl (C=O) groups excluding carboxylic acids is 1. The van der Waals surface area contributed by atoms with Crippen LogP contribution in [-0.2, 0) is 4.79 Å². The monoisotopic (exact) mass is 474 g/mol. The fraction of sp³-hybridized carbons (Fsp3) is 0.0588. The smallest absolute Gasteiger partial charge is 0.266 e. The topological polar surface area (TPSA) is 82.3 Å². The summed E-state index contributed by atoms with van der Waals surface area (Å²) in [6.07, 6.45) is 1.30. The third-order valence-corrected chi connectivity index (χ3v) is 5.53. The lowest BCUT2D eigenvalue weighted by Crippen LogP contribution is -2.13. The van der Waals surface area contributed by atoms with E-state index >= 15 is 0 Å². The summed E-state index contributed by atoms with van der Waals surface area (Å²) in [7, 11) is 1.35. The molecule has 9 heteroatoms. The van der Waals surface area contributed by atoms with Gasteiger partial charge >= 0.3 is 0 Å². The summed E-state index contributed by atoms with van der Waals surface area (Å²) >= 11 is 21.2. The van der Waals surface area contributed by atoms with Crippen molar-refractivity contribution >= 4 is 68.4 Å². The maximum atomic E-state index is 12.4. The first-order chi connectivity index (χ1) is 12.3. The molecule has 0 saturated heterocycles. The molecule has 2 rings (SSSR count). The number of methoxy groups -OCH3 is 1. The van der Waals surface area contributed by atoms with E-state index in [2.05, 4.69) is 21.2 Å². The highest BCUT2D eigenvalue weighted by Gasteiger charge is 2.17. The first-order valence-corrected chi connectivity index (χ1v) is 8.85. The number of benzene rings is 2. The first-order valence-electron chi connectivity index (χ1n) is 6.92. The van der Waals surface area contributed by atoms with E-state index in [1.165, 1.54) is 19.3 Å². The van der Waals surface area contributed by atoms with Crippen molar-refractivity contribution in [2.45, 2.75) is 0 Å². The van der Waals surface area contributed by atoms with Crippen molar-refractivity contribution in [2.75, 3.05) is 12.4 Å². The predicted octanol–water partition coefficient (Wildman–Crippen LogP) is 5.67. The van der Waals surface area contributed by atoms with Gasteiger partial charge in [0.25, 0.3) is 5.91 Å². The minimum Gasteiger partial charge on any atom is -0.503 e.